The summed E-state index contributed by atoms with van der Waals surface area (Å²) in [5.41, 5.74) is 1.25. The van der Waals surface area contributed by atoms with E-state index in [4.69, 9.17) is 21.4 Å². The van der Waals surface area contributed by atoms with Crippen LogP contribution in [0.3, 0.4) is 0 Å². The first kappa shape index (κ1) is 13.4. The molecule has 0 aliphatic heterocycles. The first-order valence-electron chi connectivity index (χ1n) is 5.53. The van der Waals surface area contributed by atoms with Crippen LogP contribution in [0, 0.1) is 0 Å². The molecule has 0 unspecified atom stereocenters. The molecule has 0 radical (unpaired) electrons. The number of aromatic nitrogens is 1. The summed E-state index contributed by atoms with van der Waals surface area (Å²) in [6, 6.07) is 4.89. The fourth-order valence-corrected chi connectivity index (χ4v) is 2.08. The molecule has 1 heterocycles. The summed E-state index contributed by atoms with van der Waals surface area (Å²) in [6.07, 6.45) is 0. The molecule has 19 heavy (non-hydrogen) atoms. The van der Waals surface area contributed by atoms with Crippen molar-refractivity contribution < 1.29 is 14.6 Å². The Bertz CT molecular complexity index is 656. The lowest BCUT2D eigenvalue weighted by atomic mass is 10.1. The number of carboxylic acids is 1. The maximum Gasteiger partial charge on any atom is 0.354 e. The van der Waals surface area contributed by atoms with Gasteiger partial charge in [0.1, 0.15) is 5.75 Å². The van der Waals surface area contributed by atoms with E-state index >= 15 is 0 Å². The number of pyridine rings is 1. The summed E-state index contributed by atoms with van der Waals surface area (Å²) in [4.78, 5) is 17.0. The molecule has 2 rings (SSSR count). The van der Waals surface area contributed by atoms with E-state index in [1.54, 1.807) is 12.1 Å². The van der Waals surface area contributed by atoms with Gasteiger partial charge in [-0.2, -0.15) is 0 Å². The third kappa shape index (κ3) is 2.42. The van der Waals surface area contributed by atoms with Crippen molar-refractivity contribution in [3.05, 3.63) is 28.9 Å². The number of benzene rings is 1. The number of fused-ring (bicyclic) bond motifs is 1. The Morgan fingerprint density at radius 3 is 2.58 bits per heavy atom. The van der Waals surface area contributed by atoms with Gasteiger partial charge in [-0.25, -0.2) is 9.78 Å². The first-order valence-corrected chi connectivity index (χ1v) is 5.90. The van der Waals surface area contributed by atoms with E-state index in [1.807, 2.05) is 19.0 Å². The van der Waals surface area contributed by atoms with Crippen LogP contribution in [0.25, 0.3) is 10.9 Å². The third-order valence-corrected chi connectivity index (χ3v) is 3.06. The summed E-state index contributed by atoms with van der Waals surface area (Å²) < 4.78 is 5.17. The van der Waals surface area contributed by atoms with Gasteiger partial charge in [0.15, 0.2) is 5.69 Å². The molecule has 0 spiro atoms. The van der Waals surface area contributed by atoms with Crippen LogP contribution < -0.4 is 9.64 Å². The number of carbonyl (C=O) groups is 1. The normalized spacial score (nSPS) is 10.5. The lowest BCUT2D eigenvalue weighted by Gasteiger charge is -2.17. The molecule has 0 aliphatic rings. The van der Waals surface area contributed by atoms with Crippen LogP contribution in [0.15, 0.2) is 18.2 Å². The van der Waals surface area contributed by atoms with Gasteiger partial charge in [0.05, 0.1) is 17.6 Å². The molecule has 0 bridgehead atoms. The maximum absolute atomic E-state index is 11.1. The number of aromatic carboxylic acids is 1. The molecule has 0 fully saturated rings. The maximum atomic E-state index is 11.1. The summed E-state index contributed by atoms with van der Waals surface area (Å²) >= 11 is 6.04. The molecule has 1 aromatic carbocycles. The Kier molecular flexibility index (Phi) is 3.48. The zero-order valence-electron chi connectivity index (χ0n) is 10.8. The summed E-state index contributed by atoms with van der Waals surface area (Å²) in [7, 11) is 5.20. The average molecular weight is 281 g/mol. The Labute approximate surface area is 115 Å². The largest absolute Gasteiger partial charge is 0.495 e. The highest BCUT2D eigenvalue weighted by Gasteiger charge is 2.14. The van der Waals surface area contributed by atoms with Crippen molar-refractivity contribution in [1.82, 2.24) is 4.98 Å². The van der Waals surface area contributed by atoms with Gasteiger partial charge in [0, 0.05) is 25.2 Å². The summed E-state index contributed by atoms with van der Waals surface area (Å²) in [5.74, 6) is -0.543. The predicted molar refractivity (Wildman–Crippen MR) is 74.6 cm³/mol. The second-order valence-corrected chi connectivity index (χ2v) is 4.64. The Morgan fingerprint density at radius 2 is 2.05 bits per heavy atom. The monoisotopic (exact) mass is 280 g/mol. The van der Waals surface area contributed by atoms with Crippen molar-refractivity contribution in [2.45, 2.75) is 0 Å². The van der Waals surface area contributed by atoms with Gasteiger partial charge in [-0.3, -0.25) is 0 Å². The van der Waals surface area contributed by atoms with E-state index in [9.17, 15) is 4.79 Å². The number of anilines is 1. The van der Waals surface area contributed by atoms with Crippen LogP contribution in [-0.2, 0) is 0 Å². The third-order valence-electron chi connectivity index (χ3n) is 2.76. The number of ether oxygens (including phenoxy) is 1. The summed E-state index contributed by atoms with van der Waals surface area (Å²) in [6.45, 7) is 0. The number of methoxy groups -OCH3 is 1. The molecule has 6 heteroatoms. The van der Waals surface area contributed by atoms with Gasteiger partial charge < -0.3 is 14.7 Å². The Morgan fingerprint density at radius 1 is 1.37 bits per heavy atom. The van der Waals surface area contributed by atoms with Crippen molar-refractivity contribution in [3.8, 4) is 5.75 Å². The van der Waals surface area contributed by atoms with Crippen LogP contribution in [0.2, 0.25) is 5.02 Å². The van der Waals surface area contributed by atoms with Crippen LogP contribution >= 0.6 is 11.6 Å². The minimum absolute atomic E-state index is 0.0163. The fourth-order valence-electron chi connectivity index (χ4n) is 1.85. The smallest absolute Gasteiger partial charge is 0.354 e. The van der Waals surface area contributed by atoms with E-state index in [0.29, 0.717) is 16.3 Å². The van der Waals surface area contributed by atoms with Crippen molar-refractivity contribution in [2.24, 2.45) is 0 Å². The molecule has 0 saturated heterocycles. The van der Waals surface area contributed by atoms with Crippen LogP contribution in [0.5, 0.6) is 5.75 Å². The minimum Gasteiger partial charge on any atom is -0.495 e. The second kappa shape index (κ2) is 4.93. The number of nitrogens with zero attached hydrogens (tertiary/aromatic N) is 2. The van der Waals surface area contributed by atoms with E-state index in [2.05, 4.69) is 4.98 Å². The number of halogens is 1. The van der Waals surface area contributed by atoms with Crippen molar-refractivity contribution in [3.63, 3.8) is 0 Å². The van der Waals surface area contributed by atoms with E-state index < -0.39 is 5.97 Å². The second-order valence-electron chi connectivity index (χ2n) is 4.23. The predicted octanol–water partition coefficient (Wildman–Crippen LogP) is 2.66. The van der Waals surface area contributed by atoms with Crippen molar-refractivity contribution >= 4 is 34.2 Å². The van der Waals surface area contributed by atoms with E-state index in [1.165, 1.54) is 13.2 Å². The van der Waals surface area contributed by atoms with Gasteiger partial charge in [0.2, 0.25) is 0 Å². The first-order chi connectivity index (χ1) is 8.93. The van der Waals surface area contributed by atoms with Crippen LogP contribution in [-0.4, -0.2) is 37.3 Å². The molecular formula is C13H13ClN2O3. The van der Waals surface area contributed by atoms with E-state index in [0.717, 1.165) is 11.1 Å². The van der Waals surface area contributed by atoms with Gasteiger partial charge >= 0.3 is 5.97 Å². The van der Waals surface area contributed by atoms with Crippen LogP contribution in [0.4, 0.5) is 5.69 Å². The van der Waals surface area contributed by atoms with Crippen molar-refractivity contribution in [2.75, 3.05) is 26.1 Å². The highest BCUT2D eigenvalue weighted by Crippen LogP contribution is 2.34. The quantitative estimate of drug-likeness (QED) is 0.936. The molecule has 0 atom stereocenters. The standard InChI is InChI=1S/C13H13ClN2O3/c1-16(2)11-6-10(13(17)18)15-9-5-8(14)12(19-3)4-7(9)11/h4-6H,1-3H3,(H,17,18). The molecule has 0 saturated carbocycles. The number of hydrogen-bond acceptors (Lipinski definition) is 4. The van der Waals surface area contributed by atoms with Gasteiger partial charge in [-0.1, -0.05) is 11.6 Å². The number of hydrogen-bond donors (Lipinski definition) is 1. The summed E-state index contributed by atoms with van der Waals surface area (Å²) in [5, 5.41) is 10.3. The number of rotatable bonds is 3. The topological polar surface area (TPSA) is 62.7 Å². The van der Waals surface area contributed by atoms with Crippen molar-refractivity contribution in [1.29, 1.82) is 0 Å². The molecule has 1 N–H and O–H groups in total. The zero-order valence-corrected chi connectivity index (χ0v) is 11.5. The highest BCUT2D eigenvalue weighted by atomic mass is 35.5. The lowest BCUT2D eigenvalue weighted by molar-refractivity contribution is 0.0691. The fraction of sp³-hybridized carbons (Fsp3) is 0.231. The molecule has 0 amide bonds. The molecule has 5 nitrogen and oxygen atoms in total. The molecular weight excluding hydrogens is 268 g/mol. The van der Waals surface area contributed by atoms with E-state index in [-0.39, 0.29) is 5.69 Å². The number of carboxylic acid groups (broad SMARTS) is 1. The molecule has 0 aliphatic carbocycles. The molecule has 1 aromatic heterocycles. The van der Waals surface area contributed by atoms with Gasteiger partial charge in [-0.05, 0) is 18.2 Å². The zero-order chi connectivity index (χ0) is 14.2. The van der Waals surface area contributed by atoms with Gasteiger partial charge in [-0.15, -0.1) is 0 Å². The SMILES string of the molecule is COc1cc2c(N(C)C)cc(C(=O)O)nc2cc1Cl. The molecule has 2 aromatic rings. The molecule has 100 valence electrons. The average Bonchev–Trinajstić information content (AvgIpc) is 2.36. The Balaban J connectivity index is 2.83. The minimum atomic E-state index is -1.07. The lowest BCUT2D eigenvalue weighted by Crippen LogP contribution is -2.12. The highest BCUT2D eigenvalue weighted by molar-refractivity contribution is 6.33. The van der Waals surface area contributed by atoms with Crippen LogP contribution in [0.1, 0.15) is 10.5 Å². The van der Waals surface area contributed by atoms with Gasteiger partial charge in [0.25, 0.3) is 0 Å². The Hall–Kier alpha value is -2.01.